The molecule has 1 heterocycles. The Morgan fingerprint density at radius 1 is 1.43 bits per heavy atom. The number of amides is 1. The van der Waals surface area contributed by atoms with Crippen molar-refractivity contribution in [2.45, 2.75) is 44.8 Å². The van der Waals surface area contributed by atoms with Gasteiger partial charge in [0.1, 0.15) is 5.54 Å². The van der Waals surface area contributed by atoms with E-state index >= 15 is 0 Å². The van der Waals surface area contributed by atoms with Crippen LogP contribution >= 0.6 is 15.9 Å². The van der Waals surface area contributed by atoms with E-state index in [9.17, 15) is 4.79 Å². The fraction of sp³-hybridized carbons (Fsp3) is 0.562. The van der Waals surface area contributed by atoms with Crippen LogP contribution in [-0.4, -0.2) is 30.6 Å². The van der Waals surface area contributed by atoms with Crippen LogP contribution in [0.3, 0.4) is 0 Å². The van der Waals surface area contributed by atoms with E-state index < -0.39 is 5.54 Å². The molecule has 1 aliphatic heterocycles. The minimum absolute atomic E-state index is 0.0835. The van der Waals surface area contributed by atoms with Crippen molar-refractivity contribution >= 4 is 27.5 Å². The molecule has 2 aliphatic rings. The van der Waals surface area contributed by atoms with Gasteiger partial charge in [-0.25, -0.2) is 0 Å². The average molecular weight is 352 g/mol. The van der Waals surface area contributed by atoms with E-state index in [1.807, 2.05) is 13.8 Å². The third-order valence-electron chi connectivity index (χ3n) is 4.33. The zero-order valence-electron chi connectivity index (χ0n) is 12.6. The molecule has 0 aromatic heterocycles. The molecule has 0 spiro atoms. The Balaban J connectivity index is 1.79. The second kappa shape index (κ2) is 5.61. The molecule has 1 aromatic carbocycles. The first-order valence-corrected chi connectivity index (χ1v) is 8.35. The normalized spacial score (nSPS) is 21.3. The maximum atomic E-state index is 12.1. The topological polar surface area (TPSA) is 44.4 Å². The van der Waals surface area contributed by atoms with Gasteiger partial charge in [0.15, 0.2) is 0 Å². The summed E-state index contributed by atoms with van der Waals surface area (Å²) in [6.07, 6.45) is 2.60. The van der Waals surface area contributed by atoms with Crippen LogP contribution in [0.5, 0.6) is 0 Å². The first-order chi connectivity index (χ1) is 9.98. The summed E-state index contributed by atoms with van der Waals surface area (Å²) in [5.74, 6) is 0.0835. The van der Waals surface area contributed by atoms with Crippen LogP contribution in [0.4, 0.5) is 5.69 Å². The standard InChI is InChI=1S/C16H22BrN3O/c1-16(2)15(21)18-7-8-20(16)14-6-3-11(9-13(14)17)10-19-12-4-5-12/h3,6,9,12,19H,4-5,7-8,10H2,1-2H3,(H,18,21). The summed E-state index contributed by atoms with van der Waals surface area (Å²) in [5.41, 5.74) is 1.84. The number of halogens is 1. The van der Waals surface area contributed by atoms with E-state index in [4.69, 9.17) is 0 Å². The maximum Gasteiger partial charge on any atom is 0.245 e. The van der Waals surface area contributed by atoms with E-state index in [0.29, 0.717) is 12.6 Å². The summed E-state index contributed by atoms with van der Waals surface area (Å²) in [4.78, 5) is 14.3. The number of carbonyl (C=O) groups is 1. The van der Waals surface area contributed by atoms with Crippen molar-refractivity contribution in [1.82, 2.24) is 10.6 Å². The quantitative estimate of drug-likeness (QED) is 0.875. The molecule has 2 N–H and O–H groups in total. The fourth-order valence-electron chi connectivity index (χ4n) is 2.75. The van der Waals surface area contributed by atoms with Gasteiger partial charge in [-0.1, -0.05) is 6.07 Å². The highest BCUT2D eigenvalue weighted by atomic mass is 79.9. The molecule has 0 atom stereocenters. The largest absolute Gasteiger partial charge is 0.355 e. The maximum absolute atomic E-state index is 12.1. The van der Waals surface area contributed by atoms with Gasteiger partial charge in [-0.3, -0.25) is 4.79 Å². The molecule has 0 radical (unpaired) electrons. The number of benzene rings is 1. The van der Waals surface area contributed by atoms with Gasteiger partial charge >= 0.3 is 0 Å². The number of hydrogen-bond acceptors (Lipinski definition) is 3. The van der Waals surface area contributed by atoms with Gasteiger partial charge < -0.3 is 15.5 Å². The summed E-state index contributed by atoms with van der Waals surface area (Å²) in [6, 6.07) is 7.15. The predicted molar refractivity (Wildman–Crippen MR) is 88.4 cm³/mol. The number of hydrogen-bond donors (Lipinski definition) is 2. The van der Waals surface area contributed by atoms with Gasteiger partial charge in [-0.05, 0) is 60.3 Å². The molecule has 1 saturated heterocycles. The lowest BCUT2D eigenvalue weighted by Gasteiger charge is -2.43. The van der Waals surface area contributed by atoms with E-state index in [0.717, 1.165) is 23.2 Å². The highest BCUT2D eigenvalue weighted by molar-refractivity contribution is 9.10. The Labute approximate surface area is 134 Å². The predicted octanol–water partition coefficient (Wildman–Crippen LogP) is 2.42. The number of nitrogens with zero attached hydrogens (tertiary/aromatic N) is 1. The van der Waals surface area contributed by atoms with Gasteiger partial charge in [0.2, 0.25) is 5.91 Å². The Hall–Kier alpha value is -1.07. The van der Waals surface area contributed by atoms with Gasteiger partial charge in [0.05, 0.1) is 5.69 Å². The van der Waals surface area contributed by atoms with Gasteiger partial charge in [0.25, 0.3) is 0 Å². The molecular weight excluding hydrogens is 330 g/mol. The van der Waals surface area contributed by atoms with Crippen molar-refractivity contribution in [3.05, 3.63) is 28.2 Å². The number of nitrogens with one attached hydrogen (secondary N) is 2. The molecule has 2 fully saturated rings. The van der Waals surface area contributed by atoms with Gasteiger partial charge in [-0.15, -0.1) is 0 Å². The lowest BCUT2D eigenvalue weighted by atomic mass is 9.97. The molecule has 21 heavy (non-hydrogen) atoms. The van der Waals surface area contributed by atoms with E-state index in [1.165, 1.54) is 18.4 Å². The van der Waals surface area contributed by atoms with Crippen LogP contribution in [-0.2, 0) is 11.3 Å². The molecule has 1 aromatic rings. The summed E-state index contributed by atoms with van der Waals surface area (Å²) in [6.45, 7) is 6.37. The van der Waals surface area contributed by atoms with Crippen LogP contribution in [0.1, 0.15) is 32.3 Å². The highest BCUT2D eigenvalue weighted by Crippen LogP contribution is 2.33. The second-order valence-corrected chi connectivity index (χ2v) is 7.26. The molecule has 0 bridgehead atoms. The summed E-state index contributed by atoms with van der Waals surface area (Å²) in [7, 11) is 0. The monoisotopic (exact) mass is 351 g/mol. The van der Waals surface area contributed by atoms with Crippen LogP contribution in [0.15, 0.2) is 22.7 Å². The highest BCUT2D eigenvalue weighted by Gasteiger charge is 2.38. The first-order valence-electron chi connectivity index (χ1n) is 7.56. The molecule has 4 nitrogen and oxygen atoms in total. The van der Waals surface area contributed by atoms with Crippen molar-refractivity contribution < 1.29 is 4.79 Å². The molecule has 1 aliphatic carbocycles. The van der Waals surface area contributed by atoms with Crippen molar-refractivity contribution in [1.29, 1.82) is 0 Å². The number of rotatable bonds is 4. The molecule has 3 rings (SSSR count). The summed E-state index contributed by atoms with van der Waals surface area (Å²) >= 11 is 3.68. The zero-order valence-corrected chi connectivity index (χ0v) is 14.2. The molecule has 1 saturated carbocycles. The van der Waals surface area contributed by atoms with E-state index in [2.05, 4.69) is 49.7 Å². The number of carbonyl (C=O) groups excluding carboxylic acids is 1. The number of piperazine rings is 1. The van der Waals surface area contributed by atoms with Crippen molar-refractivity contribution in [2.24, 2.45) is 0 Å². The molecular formula is C16H22BrN3O. The summed E-state index contributed by atoms with van der Waals surface area (Å²) < 4.78 is 1.06. The third-order valence-corrected chi connectivity index (χ3v) is 4.96. The first kappa shape index (κ1) is 14.9. The Kier molecular flexibility index (Phi) is 3.97. The fourth-order valence-corrected chi connectivity index (χ4v) is 3.39. The number of anilines is 1. The van der Waals surface area contributed by atoms with Gasteiger partial charge in [0, 0.05) is 30.1 Å². The Morgan fingerprint density at radius 3 is 2.86 bits per heavy atom. The third kappa shape index (κ3) is 3.09. The SMILES string of the molecule is CC1(C)C(=O)NCCN1c1ccc(CNC2CC2)cc1Br. The molecule has 0 unspecified atom stereocenters. The van der Waals surface area contributed by atoms with Crippen LogP contribution < -0.4 is 15.5 Å². The van der Waals surface area contributed by atoms with Crippen molar-refractivity contribution in [3.63, 3.8) is 0 Å². The van der Waals surface area contributed by atoms with Crippen LogP contribution in [0.2, 0.25) is 0 Å². The Morgan fingerprint density at radius 2 is 2.19 bits per heavy atom. The zero-order chi connectivity index (χ0) is 15.0. The average Bonchev–Trinajstić information content (AvgIpc) is 3.25. The molecule has 1 amide bonds. The van der Waals surface area contributed by atoms with Crippen molar-refractivity contribution in [2.75, 3.05) is 18.0 Å². The van der Waals surface area contributed by atoms with Crippen LogP contribution in [0, 0.1) is 0 Å². The molecule has 114 valence electrons. The lowest BCUT2D eigenvalue weighted by molar-refractivity contribution is -0.126. The van der Waals surface area contributed by atoms with E-state index in [1.54, 1.807) is 0 Å². The van der Waals surface area contributed by atoms with E-state index in [-0.39, 0.29) is 5.91 Å². The minimum Gasteiger partial charge on any atom is -0.355 e. The second-order valence-electron chi connectivity index (χ2n) is 6.41. The lowest BCUT2D eigenvalue weighted by Crippen LogP contribution is -2.62. The van der Waals surface area contributed by atoms with Crippen molar-refractivity contribution in [3.8, 4) is 0 Å². The van der Waals surface area contributed by atoms with Gasteiger partial charge in [-0.2, -0.15) is 0 Å². The summed E-state index contributed by atoms with van der Waals surface area (Å²) in [5, 5.41) is 6.46. The Bertz CT molecular complexity index is 554. The minimum atomic E-state index is -0.519. The molecule has 5 heteroatoms. The smallest absolute Gasteiger partial charge is 0.245 e. The van der Waals surface area contributed by atoms with Crippen LogP contribution in [0.25, 0.3) is 0 Å².